The Hall–Kier alpha value is -1.28. The highest BCUT2D eigenvalue weighted by Crippen LogP contribution is 2.31. The fourth-order valence-electron chi connectivity index (χ4n) is 2.25. The first-order valence-electron chi connectivity index (χ1n) is 6.27. The van der Waals surface area contributed by atoms with Crippen LogP contribution >= 0.6 is 0 Å². The molecule has 1 aliphatic heterocycles. The van der Waals surface area contributed by atoms with Crippen LogP contribution in [0.1, 0.15) is 29.5 Å². The van der Waals surface area contributed by atoms with Crippen LogP contribution in [0.5, 0.6) is 5.75 Å². The van der Waals surface area contributed by atoms with Crippen LogP contribution in [-0.2, 0) is 0 Å². The van der Waals surface area contributed by atoms with E-state index >= 15 is 0 Å². The van der Waals surface area contributed by atoms with Crippen LogP contribution in [0.15, 0.2) is 18.2 Å². The van der Waals surface area contributed by atoms with Gasteiger partial charge in [0.05, 0.1) is 7.11 Å². The number of methoxy groups -OCH3 is 1. The molecule has 1 aromatic carbocycles. The summed E-state index contributed by atoms with van der Waals surface area (Å²) in [6, 6.07) is 4.40. The predicted molar refractivity (Wildman–Crippen MR) is 72.5 cm³/mol. The van der Waals surface area contributed by atoms with Crippen molar-refractivity contribution in [3.05, 3.63) is 34.9 Å². The van der Waals surface area contributed by atoms with E-state index in [1.165, 1.54) is 22.3 Å². The lowest BCUT2D eigenvalue weighted by atomic mass is 9.97. The minimum Gasteiger partial charge on any atom is -0.496 e. The van der Waals surface area contributed by atoms with E-state index in [1.807, 2.05) is 0 Å². The molecule has 92 valence electrons. The van der Waals surface area contributed by atoms with E-state index in [2.05, 4.69) is 37.4 Å². The van der Waals surface area contributed by atoms with Gasteiger partial charge in [-0.15, -0.1) is 0 Å². The molecule has 0 bridgehead atoms. The second-order valence-corrected chi connectivity index (χ2v) is 4.65. The van der Waals surface area contributed by atoms with E-state index in [4.69, 9.17) is 4.74 Å². The molecule has 2 rings (SSSR count). The maximum absolute atomic E-state index is 5.51. The lowest BCUT2D eigenvalue weighted by molar-refractivity contribution is 0.413. The Morgan fingerprint density at radius 1 is 1.12 bits per heavy atom. The Labute approximate surface area is 104 Å². The summed E-state index contributed by atoms with van der Waals surface area (Å²) >= 11 is 0. The van der Waals surface area contributed by atoms with Gasteiger partial charge in [-0.2, -0.15) is 0 Å². The normalized spacial score (nSPS) is 16.3. The minimum atomic E-state index is 1.00. The Kier molecular flexibility index (Phi) is 3.85. The van der Waals surface area contributed by atoms with Gasteiger partial charge in [-0.25, -0.2) is 0 Å². The number of aryl methyl sites for hydroxylation is 2. The summed E-state index contributed by atoms with van der Waals surface area (Å²) in [6.45, 7) is 6.43. The van der Waals surface area contributed by atoms with Gasteiger partial charge in [-0.3, -0.25) is 0 Å². The van der Waals surface area contributed by atoms with Crippen LogP contribution in [0.3, 0.4) is 0 Å². The standard InChI is InChI=1S/C15H21NO/c1-11-9-14(15(17-3)10-12(11)2)13-5-4-7-16-8-6-13/h5,9-10,16H,4,6-8H2,1-3H3. The first-order valence-corrected chi connectivity index (χ1v) is 6.27. The van der Waals surface area contributed by atoms with Crippen molar-refractivity contribution in [3.63, 3.8) is 0 Å². The van der Waals surface area contributed by atoms with Gasteiger partial charge in [0, 0.05) is 5.56 Å². The van der Waals surface area contributed by atoms with Gasteiger partial charge in [0.25, 0.3) is 0 Å². The van der Waals surface area contributed by atoms with E-state index in [0.29, 0.717) is 0 Å². The van der Waals surface area contributed by atoms with Gasteiger partial charge in [-0.05, 0) is 68.6 Å². The third kappa shape index (κ3) is 2.70. The van der Waals surface area contributed by atoms with Gasteiger partial charge < -0.3 is 10.1 Å². The summed E-state index contributed by atoms with van der Waals surface area (Å²) in [4.78, 5) is 0. The van der Waals surface area contributed by atoms with Crippen LogP contribution in [0.2, 0.25) is 0 Å². The second kappa shape index (κ2) is 5.37. The zero-order chi connectivity index (χ0) is 12.3. The molecule has 0 unspecified atom stereocenters. The molecule has 1 heterocycles. The molecule has 2 heteroatoms. The van der Waals surface area contributed by atoms with Crippen molar-refractivity contribution in [2.24, 2.45) is 0 Å². The molecule has 1 aromatic rings. The number of rotatable bonds is 2. The largest absolute Gasteiger partial charge is 0.496 e. The molecular formula is C15H21NO. The highest BCUT2D eigenvalue weighted by molar-refractivity contribution is 5.72. The van der Waals surface area contributed by atoms with E-state index in [1.54, 1.807) is 7.11 Å². The summed E-state index contributed by atoms with van der Waals surface area (Å²) in [5, 5.41) is 3.42. The van der Waals surface area contributed by atoms with Crippen molar-refractivity contribution in [1.82, 2.24) is 5.32 Å². The Bertz CT molecular complexity index is 435. The summed E-state index contributed by atoms with van der Waals surface area (Å²) < 4.78 is 5.51. The fourth-order valence-corrected chi connectivity index (χ4v) is 2.25. The highest BCUT2D eigenvalue weighted by atomic mass is 16.5. The third-order valence-corrected chi connectivity index (χ3v) is 3.44. The molecule has 1 N–H and O–H groups in total. The topological polar surface area (TPSA) is 21.3 Å². The molecule has 0 radical (unpaired) electrons. The molecule has 0 atom stereocenters. The zero-order valence-electron chi connectivity index (χ0n) is 11.0. The second-order valence-electron chi connectivity index (χ2n) is 4.65. The lowest BCUT2D eigenvalue weighted by Gasteiger charge is -2.14. The molecule has 1 aliphatic rings. The molecule has 0 saturated heterocycles. The molecular weight excluding hydrogens is 210 g/mol. The van der Waals surface area contributed by atoms with Gasteiger partial charge in [0.2, 0.25) is 0 Å². The number of hydrogen-bond donors (Lipinski definition) is 1. The lowest BCUT2D eigenvalue weighted by Crippen LogP contribution is -2.13. The minimum absolute atomic E-state index is 1.00. The van der Waals surface area contributed by atoms with E-state index in [-0.39, 0.29) is 0 Å². The van der Waals surface area contributed by atoms with Crippen LogP contribution in [0.25, 0.3) is 5.57 Å². The van der Waals surface area contributed by atoms with Crippen molar-refractivity contribution in [2.75, 3.05) is 20.2 Å². The van der Waals surface area contributed by atoms with E-state index < -0.39 is 0 Å². The van der Waals surface area contributed by atoms with Gasteiger partial charge >= 0.3 is 0 Å². The number of hydrogen-bond acceptors (Lipinski definition) is 2. The Morgan fingerprint density at radius 2 is 1.88 bits per heavy atom. The van der Waals surface area contributed by atoms with Gasteiger partial charge in [0.1, 0.15) is 5.75 Å². The maximum Gasteiger partial charge on any atom is 0.126 e. The number of ether oxygens (including phenoxy) is 1. The Morgan fingerprint density at radius 3 is 2.65 bits per heavy atom. The summed E-state index contributed by atoms with van der Waals surface area (Å²) in [7, 11) is 1.75. The van der Waals surface area contributed by atoms with Crippen molar-refractivity contribution < 1.29 is 4.74 Å². The number of nitrogens with one attached hydrogen (secondary N) is 1. The molecule has 0 aromatic heterocycles. The quantitative estimate of drug-likeness (QED) is 0.844. The molecule has 2 nitrogen and oxygen atoms in total. The highest BCUT2D eigenvalue weighted by Gasteiger charge is 2.11. The summed E-state index contributed by atoms with van der Waals surface area (Å²) in [5.41, 5.74) is 5.30. The SMILES string of the molecule is COc1cc(C)c(C)cc1C1=CCCNCC1. The van der Waals surface area contributed by atoms with Crippen LogP contribution in [0.4, 0.5) is 0 Å². The molecule has 0 fully saturated rings. The van der Waals surface area contributed by atoms with E-state index in [9.17, 15) is 0 Å². The van der Waals surface area contributed by atoms with Crippen molar-refractivity contribution >= 4 is 5.57 Å². The number of benzene rings is 1. The van der Waals surface area contributed by atoms with Crippen LogP contribution < -0.4 is 10.1 Å². The zero-order valence-corrected chi connectivity index (χ0v) is 11.0. The maximum atomic E-state index is 5.51. The third-order valence-electron chi connectivity index (χ3n) is 3.44. The molecule has 0 spiro atoms. The molecule has 0 amide bonds. The van der Waals surface area contributed by atoms with Crippen LogP contribution in [0, 0.1) is 13.8 Å². The average Bonchev–Trinajstić information content (AvgIpc) is 2.60. The van der Waals surface area contributed by atoms with Crippen molar-refractivity contribution in [2.45, 2.75) is 26.7 Å². The Balaban J connectivity index is 2.42. The monoisotopic (exact) mass is 231 g/mol. The summed E-state index contributed by atoms with van der Waals surface area (Å²) in [6.07, 6.45) is 4.52. The fraction of sp³-hybridized carbons (Fsp3) is 0.467. The van der Waals surface area contributed by atoms with E-state index in [0.717, 1.165) is 31.7 Å². The smallest absolute Gasteiger partial charge is 0.126 e. The predicted octanol–water partition coefficient (Wildman–Crippen LogP) is 3.08. The van der Waals surface area contributed by atoms with Crippen molar-refractivity contribution in [1.29, 1.82) is 0 Å². The average molecular weight is 231 g/mol. The van der Waals surface area contributed by atoms with Crippen LogP contribution in [-0.4, -0.2) is 20.2 Å². The first-order chi connectivity index (χ1) is 8.22. The first kappa shape index (κ1) is 12.2. The van der Waals surface area contributed by atoms with Gasteiger partial charge in [0.15, 0.2) is 0 Å². The van der Waals surface area contributed by atoms with Crippen molar-refractivity contribution in [3.8, 4) is 5.75 Å². The molecule has 0 saturated carbocycles. The summed E-state index contributed by atoms with van der Waals surface area (Å²) in [5.74, 6) is 1.00. The molecule has 17 heavy (non-hydrogen) atoms. The van der Waals surface area contributed by atoms with Gasteiger partial charge in [-0.1, -0.05) is 6.08 Å². The molecule has 0 aliphatic carbocycles.